The molecule has 6 nitrogen and oxygen atoms in total. The van der Waals surface area contributed by atoms with Crippen molar-refractivity contribution in [3.8, 4) is 11.4 Å². The first-order valence-electron chi connectivity index (χ1n) is 7.67. The normalized spacial score (nSPS) is 10.3. The Kier molecular flexibility index (Phi) is 7.72. The van der Waals surface area contributed by atoms with E-state index >= 15 is 0 Å². The van der Waals surface area contributed by atoms with Crippen LogP contribution in [0.4, 0.5) is 0 Å². The van der Waals surface area contributed by atoms with E-state index in [2.05, 4.69) is 26.9 Å². The number of nitrogens with zero attached hydrogens (tertiary/aromatic N) is 4. The average Bonchev–Trinajstić information content (AvgIpc) is 3.11. The van der Waals surface area contributed by atoms with E-state index in [1.54, 1.807) is 23.6 Å². The van der Waals surface area contributed by atoms with E-state index in [-0.39, 0.29) is 12.4 Å². The number of tetrazole rings is 1. The van der Waals surface area contributed by atoms with Gasteiger partial charge in [-0.2, -0.15) is 4.68 Å². The number of benzene rings is 2. The van der Waals surface area contributed by atoms with E-state index in [0.717, 1.165) is 35.4 Å². The maximum atomic E-state index is 5.23. The average molecular weight is 378 g/mol. The van der Waals surface area contributed by atoms with E-state index in [9.17, 15) is 0 Å². The first kappa shape index (κ1) is 19.2. The Morgan fingerprint density at radius 2 is 1.96 bits per heavy atom. The van der Waals surface area contributed by atoms with Crippen molar-refractivity contribution in [2.45, 2.75) is 11.7 Å². The van der Waals surface area contributed by atoms with Crippen LogP contribution in [0, 0.1) is 0 Å². The minimum absolute atomic E-state index is 0. The van der Waals surface area contributed by atoms with Gasteiger partial charge in [-0.05, 0) is 40.3 Å². The summed E-state index contributed by atoms with van der Waals surface area (Å²) in [5.41, 5.74) is 2.17. The second kappa shape index (κ2) is 10.0. The molecule has 0 radical (unpaired) electrons. The third-order valence-corrected chi connectivity index (χ3v) is 4.34. The zero-order valence-corrected chi connectivity index (χ0v) is 15.5. The maximum absolute atomic E-state index is 5.23. The maximum Gasteiger partial charge on any atom is 0.214 e. The fourth-order valence-electron chi connectivity index (χ4n) is 2.23. The molecular weight excluding hydrogens is 358 g/mol. The van der Waals surface area contributed by atoms with E-state index in [4.69, 9.17) is 4.74 Å². The Balaban J connectivity index is 0.00000225. The Hall–Kier alpha value is -2.09. The van der Waals surface area contributed by atoms with Gasteiger partial charge in [-0.15, -0.1) is 17.5 Å². The molecule has 0 aliphatic carbocycles. The van der Waals surface area contributed by atoms with Crippen molar-refractivity contribution in [1.82, 2.24) is 25.5 Å². The Morgan fingerprint density at radius 1 is 1.12 bits per heavy atom. The van der Waals surface area contributed by atoms with Gasteiger partial charge in [0.15, 0.2) is 0 Å². The smallest absolute Gasteiger partial charge is 0.214 e. The van der Waals surface area contributed by atoms with Crippen LogP contribution >= 0.6 is 24.2 Å². The summed E-state index contributed by atoms with van der Waals surface area (Å²) < 4.78 is 6.99. The highest BCUT2D eigenvalue weighted by molar-refractivity contribution is 7.99. The summed E-state index contributed by atoms with van der Waals surface area (Å²) in [7, 11) is 1.68. The van der Waals surface area contributed by atoms with Gasteiger partial charge in [0.05, 0.1) is 12.8 Å². The predicted molar refractivity (Wildman–Crippen MR) is 102 cm³/mol. The number of halogens is 1. The molecule has 1 aromatic heterocycles. The lowest BCUT2D eigenvalue weighted by Crippen LogP contribution is -2.16. The summed E-state index contributed by atoms with van der Waals surface area (Å²) in [6.45, 7) is 1.67. The molecule has 0 aliphatic rings. The molecule has 3 rings (SSSR count). The van der Waals surface area contributed by atoms with E-state index < -0.39 is 0 Å². The minimum Gasteiger partial charge on any atom is -0.497 e. The molecule has 0 aliphatic heterocycles. The van der Waals surface area contributed by atoms with Crippen LogP contribution in [0.15, 0.2) is 59.8 Å². The molecule has 0 amide bonds. The van der Waals surface area contributed by atoms with Gasteiger partial charge in [0, 0.05) is 18.8 Å². The first-order chi connectivity index (χ1) is 11.9. The quantitative estimate of drug-likeness (QED) is 0.481. The van der Waals surface area contributed by atoms with Crippen LogP contribution in [0.1, 0.15) is 5.56 Å². The number of hydrogen-bond acceptors (Lipinski definition) is 6. The highest BCUT2D eigenvalue weighted by atomic mass is 35.5. The lowest BCUT2D eigenvalue weighted by molar-refractivity contribution is 0.414. The molecule has 0 atom stereocenters. The summed E-state index contributed by atoms with van der Waals surface area (Å²) >= 11 is 1.63. The summed E-state index contributed by atoms with van der Waals surface area (Å²) in [4.78, 5) is 0. The van der Waals surface area contributed by atoms with Crippen molar-refractivity contribution < 1.29 is 4.74 Å². The van der Waals surface area contributed by atoms with Crippen LogP contribution in [0.3, 0.4) is 0 Å². The molecule has 0 saturated heterocycles. The molecule has 1 N–H and O–H groups in total. The summed E-state index contributed by atoms with van der Waals surface area (Å²) in [5, 5.41) is 16.1. The number of hydrogen-bond donors (Lipinski definition) is 1. The van der Waals surface area contributed by atoms with Crippen LogP contribution in [0.5, 0.6) is 5.75 Å². The molecule has 1 heterocycles. The van der Waals surface area contributed by atoms with Gasteiger partial charge >= 0.3 is 0 Å². The standard InChI is InChI=1S/C17H19N5OS.ClH/c1-23-16-9-5-6-14(12-16)13-18-10-11-24-17-19-20-21-22(17)15-7-3-2-4-8-15;/h2-9,12,18H,10-11,13H2,1H3;1H. The Labute approximate surface area is 157 Å². The number of ether oxygens (including phenoxy) is 1. The SMILES string of the molecule is COc1cccc(CNCCSc2nnnn2-c2ccccc2)c1.Cl. The predicted octanol–water partition coefficient (Wildman–Crippen LogP) is 2.97. The molecule has 0 spiro atoms. The third kappa shape index (κ3) is 5.45. The third-order valence-electron chi connectivity index (χ3n) is 3.41. The van der Waals surface area contributed by atoms with E-state index in [1.807, 2.05) is 48.5 Å². The zero-order valence-electron chi connectivity index (χ0n) is 13.8. The topological polar surface area (TPSA) is 64.9 Å². The molecule has 0 fully saturated rings. The van der Waals surface area contributed by atoms with Crippen LogP contribution in [-0.4, -0.2) is 39.6 Å². The number of nitrogens with one attached hydrogen (secondary N) is 1. The number of para-hydroxylation sites is 1. The van der Waals surface area contributed by atoms with Gasteiger partial charge in [0.2, 0.25) is 5.16 Å². The lowest BCUT2D eigenvalue weighted by atomic mass is 10.2. The molecule has 8 heteroatoms. The molecule has 0 saturated carbocycles. The summed E-state index contributed by atoms with van der Waals surface area (Å²) in [6, 6.07) is 18.0. The highest BCUT2D eigenvalue weighted by Gasteiger charge is 2.08. The minimum atomic E-state index is 0. The van der Waals surface area contributed by atoms with Crippen molar-refractivity contribution in [3.05, 3.63) is 60.2 Å². The highest BCUT2D eigenvalue weighted by Crippen LogP contribution is 2.17. The monoisotopic (exact) mass is 377 g/mol. The lowest BCUT2D eigenvalue weighted by Gasteiger charge is -2.07. The molecule has 25 heavy (non-hydrogen) atoms. The van der Waals surface area contributed by atoms with Gasteiger partial charge in [-0.3, -0.25) is 0 Å². The number of aromatic nitrogens is 4. The van der Waals surface area contributed by atoms with Crippen molar-refractivity contribution >= 4 is 24.2 Å². The number of methoxy groups -OCH3 is 1. The molecule has 2 aromatic carbocycles. The van der Waals surface area contributed by atoms with Gasteiger partial charge in [-0.1, -0.05) is 42.1 Å². The van der Waals surface area contributed by atoms with Gasteiger partial charge in [0.25, 0.3) is 0 Å². The molecule has 3 aromatic rings. The molecular formula is C17H20ClN5OS. The van der Waals surface area contributed by atoms with E-state index in [1.165, 1.54) is 5.56 Å². The number of rotatable bonds is 8. The summed E-state index contributed by atoms with van der Waals surface area (Å²) in [5.74, 6) is 1.77. The van der Waals surface area contributed by atoms with Crippen LogP contribution in [-0.2, 0) is 6.54 Å². The zero-order chi connectivity index (χ0) is 16.6. The molecule has 132 valence electrons. The largest absolute Gasteiger partial charge is 0.497 e. The van der Waals surface area contributed by atoms with Crippen molar-refractivity contribution in [1.29, 1.82) is 0 Å². The molecule has 0 bridgehead atoms. The summed E-state index contributed by atoms with van der Waals surface area (Å²) in [6.07, 6.45) is 0. The van der Waals surface area contributed by atoms with Crippen LogP contribution < -0.4 is 10.1 Å². The van der Waals surface area contributed by atoms with Crippen LogP contribution in [0.2, 0.25) is 0 Å². The fraction of sp³-hybridized carbons (Fsp3) is 0.235. The van der Waals surface area contributed by atoms with Crippen molar-refractivity contribution in [2.24, 2.45) is 0 Å². The molecule has 0 unspecified atom stereocenters. The van der Waals surface area contributed by atoms with Gasteiger partial charge < -0.3 is 10.1 Å². The van der Waals surface area contributed by atoms with Crippen molar-refractivity contribution in [3.63, 3.8) is 0 Å². The first-order valence-corrected chi connectivity index (χ1v) is 8.65. The van der Waals surface area contributed by atoms with Crippen molar-refractivity contribution in [2.75, 3.05) is 19.4 Å². The fourth-order valence-corrected chi connectivity index (χ4v) is 3.02. The second-order valence-electron chi connectivity index (χ2n) is 5.09. The van der Waals surface area contributed by atoms with E-state index in [0.29, 0.717) is 0 Å². The van der Waals surface area contributed by atoms with Crippen LogP contribution in [0.25, 0.3) is 5.69 Å². The Bertz CT molecular complexity index is 768. The van der Waals surface area contributed by atoms with Gasteiger partial charge in [-0.25, -0.2) is 0 Å². The van der Waals surface area contributed by atoms with Gasteiger partial charge in [0.1, 0.15) is 5.75 Å². The number of thioether (sulfide) groups is 1. The second-order valence-corrected chi connectivity index (χ2v) is 6.15. The Morgan fingerprint density at radius 3 is 2.76 bits per heavy atom.